The van der Waals surface area contributed by atoms with Crippen molar-refractivity contribution in [1.29, 1.82) is 0 Å². The molecule has 8 nitrogen and oxygen atoms in total. The van der Waals surface area contributed by atoms with E-state index in [-0.39, 0.29) is 13.0 Å². The second-order valence-corrected chi connectivity index (χ2v) is 7.76. The third-order valence-corrected chi connectivity index (χ3v) is 5.48. The number of esters is 3. The molecule has 9 heteroatoms. The Kier molecular flexibility index (Phi) is 7.17. The highest BCUT2D eigenvalue weighted by molar-refractivity contribution is 7.13. The van der Waals surface area contributed by atoms with Crippen molar-refractivity contribution in [3.63, 3.8) is 0 Å². The highest BCUT2D eigenvalue weighted by Crippen LogP contribution is 2.41. The standard InChI is InChI=1S/C21H23NO7S/c1-12(23)26-11-19-20(28-14(3)25)18(27-13(2)24)10-17(29-19)15-7-9-30-21(15)16-6-4-5-8-22-16/h4-9,17-20H,10-11H2,1-3H3/t17-,18+,19+,20-/m0/s1. The first kappa shape index (κ1) is 21.9. The SMILES string of the molecule is CC(=O)OC[C@H]1O[C@H](c2ccsc2-c2ccccn2)C[C@@H](OC(C)=O)[C@@H]1OC(C)=O. The van der Waals surface area contributed by atoms with Crippen molar-refractivity contribution in [2.24, 2.45) is 0 Å². The van der Waals surface area contributed by atoms with Crippen molar-refractivity contribution in [2.75, 3.05) is 6.61 Å². The van der Waals surface area contributed by atoms with E-state index in [0.29, 0.717) is 0 Å². The van der Waals surface area contributed by atoms with Gasteiger partial charge in [-0.15, -0.1) is 11.3 Å². The van der Waals surface area contributed by atoms with Gasteiger partial charge in [-0.05, 0) is 23.6 Å². The summed E-state index contributed by atoms with van der Waals surface area (Å²) in [5.74, 6) is -1.54. The smallest absolute Gasteiger partial charge is 0.303 e. The third-order valence-electron chi connectivity index (χ3n) is 4.53. The van der Waals surface area contributed by atoms with Gasteiger partial charge in [-0.3, -0.25) is 19.4 Å². The van der Waals surface area contributed by atoms with E-state index in [4.69, 9.17) is 18.9 Å². The Morgan fingerprint density at radius 1 is 1.10 bits per heavy atom. The van der Waals surface area contributed by atoms with Crippen molar-refractivity contribution >= 4 is 29.2 Å². The zero-order chi connectivity index (χ0) is 21.7. The van der Waals surface area contributed by atoms with E-state index < -0.39 is 42.3 Å². The molecule has 3 heterocycles. The van der Waals surface area contributed by atoms with E-state index in [2.05, 4.69) is 4.98 Å². The van der Waals surface area contributed by atoms with Gasteiger partial charge in [0.1, 0.15) is 18.8 Å². The van der Waals surface area contributed by atoms with Gasteiger partial charge in [-0.1, -0.05) is 6.07 Å². The van der Waals surface area contributed by atoms with Crippen LogP contribution in [0.1, 0.15) is 38.9 Å². The molecule has 0 saturated carbocycles. The van der Waals surface area contributed by atoms with Gasteiger partial charge in [0, 0.05) is 39.0 Å². The third kappa shape index (κ3) is 5.43. The maximum atomic E-state index is 11.7. The summed E-state index contributed by atoms with van der Waals surface area (Å²) in [5, 5.41) is 1.93. The second-order valence-electron chi connectivity index (χ2n) is 6.84. The lowest BCUT2D eigenvalue weighted by Gasteiger charge is -2.40. The van der Waals surface area contributed by atoms with Crippen LogP contribution in [0.5, 0.6) is 0 Å². The number of carbonyl (C=O) groups is 3. The normalized spacial score (nSPS) is 23.4. The molecule has 0 aliphatic carbocycles. The van der Waals surface area contributed by atoms with Gasteiger partial charge in [0.15, 0.2) is 6.10 Å². The molecule has 160 valence electrons. The summed E-state index contributed by atoms with van der Waals surface area (Å²) >= 11 is 1.52. The lowest BCUT2D eigenvalue weighted by Crippen LogP contribution is -2.51. The monoisotopic (exact) mass is 433 g/mol. The van der Waals surface area contributed by atoms with Gasteiger partial charge in [0.25, 0.3) is 0 Å². The summed E-state index contributed by atoms with van der Waals surface area (Å²) in [6.45, 7) is 3.70. The Hall–Kier alpha value is -2.78. The summed E-state index contributed by atoms with van der Waals surface area (Å²) in [6, 6.07) is 7.57. The summed E-state index contributed by atoms with van der Waals surface area (Å²) in [6.07, 6.45) is -0.906. The highest BCUT2D eigenvalue weighted by atomic mass is 32.1. The molecule has 30 heavy (non-hydrogen) atoms. The molecule has 0 unspecified atom stereocenters. The summed E-state index contributed by atoms with van der Waals surface area (Å²) in [4.78, 5) is 40.0. The van der Waals surface area contributed by atoms with Crippen LogP contribution in [0.15, 0.2) is 35.8 Å². The van der Waals surface area contributed by atoms with Crippen molar-refractivity contribution in [3.8, 4) is 10.6 Å². The number of nitrogens with zero attached hydrogens (tertiary/aromatic N) is 1. The lowest BCUT2D eigenvalue weighted by atomic mass is 9.93. The molecule has 0 amide bonds. The Morgan fingerprint density at radius 2 is 1.87 bits per heavy atom. The van der Waals surface area contributed by atoms with E-state index in [1.54, 1.807) is 6.20 Å². The molecule has 0 N–H and O–H groups in total. The van der Waals surface area contributed by atoms with Crippen LogP contribution < -0.4 is 0 Å². The minimum Gasteiger partial charge on any atom is -0.463 e. The first-order valence-corrected chi connectivity index (χ1v) is 10.3. The molecule has 1 saturated heterocycles. The molecule has 2 aromatic heterocycles. The average molecular weight is 433 g/mol. The molecule has 0 aromatic carbocycles. The molecule has 2 aromatic rings. The number of carbonyl (C=O) groups excluding carboxylic acids is 3. The Balaban J connectivity index is 1.93. The van der Waals surface area contributed by atoms with Gasteiger partial charge in [0.05, 0.1) is 16.7 Å². The fourth-order valence-electron chi connectivity index (χ4n) is 3.41. The number of aromatic nitrogens is 1. The lowest BCUT2D eigenvalue weighted by molar-refractivity contribution is -0.216. The molecule has 0 bridgehead atoms. The number of hydrogen-bond acceptors (Lipinski definition) is 9. The van der Waals surface area contributed by atoms with Crippen LogP contribution >= 0.6 is 11.3 Å². The Bertz CT molecular complexity index is 898. The van der Waals surface area contributed by atoms with Crippen LogP contribution in [0.4, 0.5) is 0 Å². The number of ether oxygens (including phenoxy) is 4. The van der Waals surface area contributed by atoms with Crippen LogP contribution in [-0.4, -0.2) is 47.8 Å². The van der Waals surface area contributed by atoms with Crippen LogP contribution in [0.25, 0.3) is 10.6 Å². The van der Waals surface area contributed by atoms with Crippen molar-refractivity contribution in [2.45, 2.75) is 51.6 Å². The number of thiophene rings is 1. The molecule has 3 rings (SSSR count). The zero-order valence-corrected chi connectivity index (χ0v) is 17.7. The fraction of sp³-hybridized carbons (Fsp3) is 0.429. The average Bonchev–Trinajstić information content (AvgIpc) is 3.18. The van der Waals surface area contributed by atoms with E-state index >= 15 is 0 Å². The van der Waals surface area contributed by atoms with E-state index in [9.17, 15) is 14.4 Å². The maximum Gasteiger partial charge on any atom is 0.303 e. The van der Waals surface area contributed by atoms with Crippen LogP contribution in [0, 0.1) is 0 Å². The minimum atomic E-state index is -0.890. The predicted octanol–water partition coefficient (Wildman–Crippen LogP) is 3.07. The van der Waals surface area contributed by atoms with Gasteiger partial charge < -0.3 is 18.9 Å². The van der Waals surface area contributed by atoms with E-state index in [1.165, 1.54) is 32.1 Å². The van der Waals surface area contributed by atoms with Gasteiger partial charge in [0.2, 0.25) is 0 Å². The molecular weight excluding hydrogens is 410 g/mol. The fourth-order valence-corrected chi connectivity index (χ4v) is 4.34. The predicted molar refractivity (Wildman–Crippen MR) is 108 cm³/mol. The second kappa shape index (κ2) is 9.82. The summed E-state index contributed by atoms with van der Waals surface area (Å²) in [7, 11) is 0. The molecule has 0 spiro atoms. The van der Waals surface area contributed by atoms with Crippen LogP contribution in [0.2, 0.25) is 0 Å². The van der Waals surface area contributed by atoms with Crippen LogP contribution in [-0.2, 0) is 33.3 Å². The molecular formula is C21H23NO7S. The quantitative estimate of drug-likeness (QED) is 0.506. The first-order valence-electron chi connectivity index (χ1n) is 9.47. The topological polar surface area (TPSA) is 101 Å². The largest absolute Gasteiger partial charge is 0.463 e. The number of rotatable bonds is 6. The zero-order valence-electron chi connectivity index (χ0n) is 16.9. The molecule has 4 atom stereocenters. The Morgan fingerprint density at radius 3 is 2.50 bits per heavy atom. The van der Waals surface area contributed by atoms with E-state index in [0.717, 1.165) is 16.1 Å². The van der Waals surface area contributed by atoms with Gasteiger partial charge >= 0.3 is 17.9 Å². The molecule has 0 radical (unpaired) electrons. The Labute approximate surface area is 178 Å². The van der Waals surface area contributed by atoms with E-state index in [1.807, 2.05) is 29.6 Å². The van der Waals surface area contributed by atoms with Crippen molar-refractivity contribution in [1.82, 2.24) is 4.98 Å². The summed E-state index contributed by atoms with van der Waals surface area (Å²) < 4.78 is 22.2. The molecule has 1 aliphatic rings. The van der Waals surface area contributed by atoms with Gasteiger partial charge in [-0.25, -0.2) is 0 Å². The maximum absolute atomic E-state index is 11.7. The molecule has 1 aliphatic heterocycles. The van der Waals surface area contributed by atoms with Crippen LogP contribution in [0.3, 0.4) is 0 Å². The highest BCUT2D eigenvalue weighted by Gasteiger charge is 2.44. The van der Waals surface area contributed by atoms with Crippen molar-refractivity contribution < 1.29 is 33.3 Å². The van der Waals surface area contributed by atoms with Crippen molar-refractivity contribution in [3.05, 3.63) is 41.4 Å². The minimum absolute atomic E-state index is 0.134. The first-order chi connectivity index (χ1) is 14.3. The van der Waals surface area contributed by atoms with Gasteiger partial charge in [-0.2, -0.15) is 0 Å². The number of pyridine rings is 1. The molecule has 1 fully saturated rings. The number of hydrogen-bond donors (Lipinski definition) is 0. The summed E-state index contributed by atoms with van der Waals surface area (Å²) in [5.41, 5.74) is 1.68.